The van der Waals surface area contributed by atoms with E-state index in [-0.39, 0.29) is 0 Å². The van der Waals surface area contributed by atoms with Crippen LogP contribution in [0.2, 0.25) is 0 Å². The molecule has 0 aliphatic rings. The number of unbranched alkanes of at least 4 members (excludes halogenated alkanes) is 2. The summed E-state index contributed by atoms with van der Waals surface area (Å²) >= 11 is 0. The Morgan fingerprint density at radius 1 is 0.800 bits per heavy atom. The molecule has 2 rings (SSSR count). The molecule has 0 bridgehead atoms. The Balaban J connectivity index is 1.51. The smallest absolute Gasteiger partial charge is 0.0716 e. The summed E-state index contributed by atoms with van der Waals surface area (Å²) in [6.07, 6.45) is 7.84. The predicted molar refractivity (Wildman–Crippen MR) is 85.4 cm³/mol. The van der Waals surface area contributed by atoms with E-state index in [2.05, 4.69) is 48.6 Å². The van der Waals surface area contributed by atoms with Crippen LogP contribution in [0, 0.1) is 0 Å². The molecule has 0 aliphatic carbocycles. The van der Waals surface area contributed by atoms with Gasteiger partial charge in [-0.2, -0.15) is 0 Å². The van der Waals surface area contributed by atoms with Crippen molar-refractivity contribution in [2.75, 3.05) is 6.61 Å². The van der Waals surface area contributed by atoms with E-state index >= 15 is 0 Å². The number of benzene rings is 2. The van der Waals surface area contributed by atoms with Gasteiger partial charge in [-0.1, -0.05) is 72.8 Å². The van der Waals surface area contributed by atoms with Crippen molar-refractivity contribution in [3.63, 3.8) is 0 Å². The van der Waals surface area contributed by atoms with Crippen LogP contribution in [0.15, 0.2) is 66.7 Å². The molecule has 0 saturated carbocycles. The molecule has 0 heterocycles. The Labute approximate surface area is 121 Å². The summed E-state index contributed by atoms with van der Waals surface area (Å²) in [5.41, 5.74) is 2.52. The molecule has 0 spiro atoms. The number of hydrogen-bond acceptors (Lipinski definition) is 1. The third kappa shape index (κ3) is 5.85. The standard InChI is InChI=1S/C19H22O/c1(5-11-18-12-6-3-7-13-18)2-10-16-20-17-19-14-8-4-9-15-19/h3-9,11-15H,1-2,10,16-17H2/b11-5-. The van der Waals surface area contributed by atoms with E-state index in [1.807, 2.05) is 24.3 Å². The molecular weight excluding hydrogens is 244 g/mol. The summed E-state index contributed by atoms with van der Waals surface area (Å²) in [4.78, 5) is 0. The summed E-state index contributed by atoms with van der Waals surface area (Å²) < 4.78 is 5.66. The molecule has 0 amide bonds. The van der Waals surface area contributed by atoms with E-state index in [1.54, 1.807) is 0 Å². The monoisotopic (exact) mass is 266 g/mol. The van der Waals surface area contributed by atoms with Crippen molar-refractivity contribution in [3.05, 3.63) is 77.9 Å². The maximum atomic E-state index is 5.66. The average molecular weight is 266 g/mol. The van der Waals surface area contributed by atoms with Gasteiger partial charge in [-0.3, -0.25) is 0 Å². The molecule has 0 N–H and O–H groups in total. The highest BCUT2D eigenvalue weighted by atomic mass is 16.5. The Morgan fingerprint density at radius 2 is 1.50 bits per heavy atom. The second-order valence-electron chi connectivity index (χ2n) is 4.85. The van der Waals surface area contributed by atoms with Crippen LogP contribution >= 0.6 is 0 Å². The molecule has 2 aromatic carbocycles. The lowest BCUT2D eigenvalue weighted by Gasteiger charge is -2.03. The minimum Gasteiger partial charge on any atom is -0.377 e. The first-order chi connectivity index (χ1) is 9.95. The highest BCUT2D eigenvalue weighted by molar-refractivity contribution is 5.48. The second kappa shape index (κ2) is 9.11. The molecule has 0 fully saturated rings. The van der Waals surface area contributed by atoms with Crippen LogP contribution in [-0.2, 0) is 11.3 Å². The molecule has 2 aromatic rings. The van der Waals surface area contributed by atoms with E-state index in [1.165, 1.54) is 17.5 Å². The maximum absolute atomic E-state index is 5.66. The van der Waals surface area contributed by atoms with Crippen molar-refractivity contribution in [1.29, 1.82) is 0 Å². The lowest BCUT2D eigenvalue weighted by Crippen LogP contribution is -1.95. The minimum atomic E-state index is 0.723. The fourth-order valence-corrected chi connectivity index (χ4v) is 2.01. The van der Waals surface area contributed by atoms with Gasteiger partial charge in [0, 0.05) is 6.61 Å². The Morgan fingerprint density at radius 3 is 2.25 bits per heavy atom. The predicted octanol–water partition coefficient (Wildman–Crippen LogP) is 5.09. The Hall–Kier alpha value is -1.86. The SMILES string of the molecule is C(=C/c1ccccc1)/CCCCOCc1ccccc1. The van der Waals surface area contributed by atoms with Crippen molar-refractivity contribution in [2.24, 2.45) is 0 Å². The fourth-order valence-electron chi connectivity index (χ4n) is 2.01. The van der Waals surface area contributed by atoms with Gasteiger partial charge in [0.2, 0.25) is 0 Å². The number of allylic oxidation sites excluding steroid dienone is 1. The summed E-state index contributed by atoms with van der Waals surface area (Å²) in [7, 11) is 0. The Kier molecular flexibility index (Phi) is 6.63. The fraction of sp³-hybridized carbons (Fsp3) is 0.263. The number of rotatable bonds is 8. The Bertz CT molecular complexity index is 488. The molecule has 1 heteroatoms. The highest BCUT2D eigenvalue weighted by Crippen LogP contribution is 2.05. The third-order valence-electron chi connectivity index (χ3n) is 3.13. The average Bonchev–Trinajstić information content (AvgIpc) is 2.52. The van der Waals surface area contributed by atoms with Gasteiger partial charge in [0.1, 0.15) is 0 Å². The van der Waals surface area contributed by atoms with Crippen LogP contribution in [0.25, 0.3) is 6.08 Å². The van der Waals surface area contributed by atoms with Crippen molar-refractivity contribution in [1.82, 2.24) is 0 Å². The van der Waals surface area contributed by atoms with Crippen LogP contribution in [0.3, 0.4) is 0 Å². The van der Waals surface area contributed by atoms with Gasteiger partial charge in [-0.15, -0.1) is 0 Å². The molecule has 0 aliphatic heterocycles. The van der Waals surface area contributed by atoms with Gasteiger partial charge >= 0.3 is 0 Å². The van der Waals surface area contributed by atoms with Crippen molar-refractivity contribution < 1.29 is 4.74 Å². The second-order valence-corrected chi connectivity index (χ2v) is 4.85. The largest absolute Gasteiger partial charge is 0.377 e. The molecule has 0 radical (unpaired) electrons. The molecule has 0 atom stereocenters. The molecule has 0 saturated heterocycles. The van der Waals surface area contributed by atoms with Crippen LogP contribution in [0.4, 0.5) is 0 Å². The molecule has 20 heavy (non-hydrogen) atoms. The number of ether oxygens (including phenoxy) is 1. The quantitative estimate of drug-likeness (QED) is 0.605. The first-order valence-corrected chi connectivity index (χ1v) is 7.28. The molecule has 104 valence electrons. The van der Waals surface area contributed by atoms with Gasteiger partial charge in [0.25, 0.3) is 0 Å². The van der Waals surface area contributed by atoms with Gasteiger partial charge in [0.05, 0.1) is 6.61 Å². The molecule has 0 unspecified atom stereocenters. The summed E-state index contributed by atoms with van der Waals surface area (Å²) in [5, 5.41) is 0. The van der Waals surface area contributed by atoms with Gasteiger partial charge in [0.15, 0.2) is 0 Å². The van der Waals surface area contributed by atoms with E-state index in [4.69, 9.17) is 4.74 Å². The highest BCUT2D eigenvalue weighted by Gasteiger charge is 1.92. The van der Waals surface area contributed by atoms with Crippen LogP contribution in [0.5, 0.6) is 0 Å². The number of hydrogen-bond donors (Lipinski definition) is 0. The van der Waals surface area contributed by atoms with E-state index in [9.17, 15) is 0 Å². The molecular formula is C19H22O. The van der Waals surface area contributed by atoms with Crippen molar-refractivity contribution in [3.8, 4) is 0 Å². The van der Waals surface area contributed by atoms with E-state index < -0.39 is 0 Å². The first-order valence-electron chi connectivity index (χ1n) is 7.28. The third-order valence-corrected chi connectivity index (χ3v) is 3.13. The minimum absolute atomic E-state index is 0.723. The summed E-state index contributed by atoms with van der Waals surface area (Å²) in [6.45, 7) is 1.56. The van der Waals surface area contributed by atoms with Crippen LogP contribution in [0.1, 0.15) is 30.4 Å². The van der Waals surface area contributed by atoms with Crippen LogP contribution < -0.4 is 0 Å². The van der Waals surface area contributed by atoms with E-state index in [0.717, 1.165) is 26.1 Å². The van der Waals surface area contributed by atoms with Crippen molar-refractivity contribution >= 4 is 6.08 Å². The zero-order valence-electron chi connectivity index (χ0n) is 11.9. The molecule has 0 aromatic heterocycles. The lowest BCUT2D eigenvalue weighted by atomic mass is 10.1. The topological polar surface area (TPSA) is 9.23 Å². The van der Waals surface area contributed by atoms with Gasteiger partial charge in [-0.25, -0.2) is 0 Å². The summed E-state index contributed by atoms with van der Waals surface area (Å²) in [6, 6.07) is 20.8. The zero-order valence-corrected chi connectivity index (χ0v) is 11.9. The van der Waals surface area contributed by atoms with Crippen molar-refractivity contribution in [2.45, 2.75) is 25.9 Å². The molecule has 1 nitrogen and oxygen atoms in total. The van der Waals surface area contributed by atoms with Gasteiger partial charge < -0.3 is 4.74 Å². The van der Waals surface area contributed by atoms with Crippen LogP contribution in [-0.4, -0.2) is 6.61 Å². The maximum Gasteiger partial charge on any atom is 0.0716 e. The zero-order chi connectivity index (χ0) is 13.9. The normalized spacial score (nSPS) is 11.0. The summed E-state index contributed by atoms with van der Waals surface area (Å²) in [5.74, 6) is 0. The van der Waals surface area contributed by atoms with E-state index in [0.29, 0.717) is 0 Å². The van der Waals surface area contributed by atoms with Gasteiger partial charge in [-0.05, 0) is 30.4 Å². The lowest BCUT2D eigenvalue weighted by molar-refractivity contribution is 0.117. The first kappa shape index (κ1) is 14.5.